The molecule has 0 saturated heterocycles. The maximum absolute atomic E-state index is 11.9. The van der Waals surface area contributed by atoms with E-state index in [2.05, 4.69) is 5.32 Å². The lowest BCUT2D eigenvalue weighted by Gasteiger charge is -2.17. The molecular formula is C15H21NO3. The number of nitrogens with one attached hydrogen (secondary N) is 1. The first-order valence-electron chi connectivity index (χ1n) is 6.78. The summed E-state index contributed by atoms with van der Waals surface area (Å²) in [5.74, 6) is 1.23. The molecule has 0 heterocycles. The fourth-order valence-corrected chi connectivity index (χ4v) is 2.01. The molecule has 1 atom stereocenters. The van der Waals surface area contributed by atoms with E-state index in [9.17, 15) is 4.79 Å². The van der Waals surface area contributed by atoms with Gasteiger partial charge in [-0.1, -0.05) is 12.1 Å². The predicted molar refractivity (Wildman–Crippen MR) is 73.1 cm³/mol. The minimum absolute atomic E-state index is 0.255. The predicted octanol–water partition coefficient (Wildman–Crippen LogP) is 2.30. The van der Waals surface area contributed by atoms with Crippen LogP contribution in [0.1, 0.15) is 31.4 Å². The average molecular weight is 263 g/mol. The summed E-state index contributed by atoms with van der Waals surface area (Å²) in [6.45, 7) is 3.41. The van der Waals surface area contributed by atoms with Crippen molar-refractivity contribution < 1.29 is 14.3 Å². The fraction of sp³-hybridized carbons (Fsp3) is 0.533. The zero-order valence-electron chi connectivity index (χ0n) is 11.5. The number of hydrogen-bond acceptors (Lipinski definition) is 4. The Labute approximate surface area is 114 Å². The highest BCUT2D eigenvalue weighted by molar-refractivity contribution is 5.77. The summed E-state index contributed by atoms with van der Waals surface area (Å²) >= 11 is 0. The van der Waals surface area contributed by atoms with Crippen LogP contribution in [0.15, 0.2) is 24.3 Å². The van der Waals surface area contributed by atoms with Crippen molar-refractivity contribution in [2.45, 2.75) is 25.8 Å². The van der Waals surface area contributed by atoms with Gasteiger partial charge in [0.2, 0.25) is 0 Å². The van der Waals surface area contributed by atoms with Crippen LogP contribution < -0.4 is 10.1 Å². The molecule has 1 aliphatic rings. The number of carbonyl (C=O) groups excluding carboxylic acids is 1. The Kier molecular flexibility index (Phi) is 4.80. The molecule has 19 heavy (non-hydrogen) atoms. The standard InChI is InChI=1S/C15H21NO3/c1-3-19-13-6-4-5-12(9-13)14(15(17)18-2)16-10-11-7-8-11/h4-6,9,11,14,16H,3,7-8,10H2,1-2H3. The molecule has 1 saturated carbocycles. The molecule has 0 aliphatic heterocycles. The third-order valence-electron chi connectivity index (χ3n) is 3.25. The van der Waals surface area contributed by atoms with Crippen LogP contribution in [-0.2, 0) is 9.53 Å². The van der Waals surface area contributed by atoms with Crippen LogP contribution in [0.5, 0.6) is 5.75 Å². The molecule has 1 aromatic rings. The third kappa shape index (κ3) is 3.96. The van der Waals surface area contributed by atoms with E-state index in [1.807, 2.05) is 31.2 Å². The number of rotatable bonds is 7. The maximum atomic E-state index is 11.9. The maximum Gasteiger partial charge on any atom is 0.327 e. The van der Waals surface area contributed by atoms with Gasteiger partial charge < -0.3 is 14.8 Å². The number of benzene rings is 1. The average Bonchev–Trinajstić information content (AvgIpc) is 3.23. The van der Waals surface area contributed by atoms with Crippen LogP contribution in [0.25, 0.3) is 0 Å². The first-order valence-corrected chi connectivity index (χ1v) is 6.78. The Bertz CT molecular complexity index is 429. The SMILES string of the molecule is CCOc1cccc(C(NCC2CC2)C(=O)OC)c1. The van der Waals surface area contributed by atoms with E-state index in [1.165, 1.54) is 20.0 Å². The Balaban J connectivity index is 2.10. The highest BCUT2D eigenvalue weighted by atomic mass is 16.5. The molecule has 4 heteroatoms. The molecule has 1 fully saturated rings. The number of carbonyl (C=O) groups is 1. The van der Waals surface area contributed by atoms with Crippen LogP contribution in [0.4, 0.5) is 0 Å². The normalized spacial score (nSPS) is 15.9. The smallest absolute Gasteiger partial charge is 0.327 e. The second-order valence-electron chi connectivity index (χ2n) is 4.81. The van der Waals surface area contributed by atoms with Crippen molar-refractivity contribution >= 4 is 5.97 Å². The van der Waals surface area contributed by atoms with Gasteiger partial charge in [0.05, 0.1) is 13.7 Å². The molecule has 1 aliphatic carbocycles. The quantitative estimate of drug-likeness (QED) is 0.767. The zero-order chi connectivity index (χ0) is 13.7. The topological polar surface area (TPSA) is 47.6 Å². The van der Waals surface area contributed by atoms with Gasteiger partial charge in [-0.25, -0.2) is 4.79 Å². The van der Waals surface area contributed by atoms with Crippen molar-refractivity contribution in [3.8, 4) is 5.75 Å². The van der Waals surface area contributed by atoms with E-state index < -0.39 is 6.04 Å². The van der Waals surface area contributed by atoms with E-state index >= 15 is 0 Å². The summed E-state index contributed by atoms with van der Waals surface area (Å²) in [6.07, 6.45) is 2.50. The van der Waals surface area contributed by atoms with Gasteiger partial charge in [-0.2, -0.15) is 0 Å². The van der Waals surface area contributed by atoms with Crippen LogP contribution in [-0.4, -0.2) is 26.2 Å². The second-order valence-corrected chi connectivity index (χ2v) is 4.81. The molecule has 0 amide bonds. The molecule has 1 N–H and O–H groups in total. The lowest BCUT2D eigenvalue weighted by Crippen LogP contribution is -2.31. The molecule has 0 spiro atoms. The second kappa shape index (κ2) is 6.57. The Hall–Kier alpha value is -1.55. The summed E-state index contributed by atoms with van der Waals surface area (Å²) < 4.78 is 10.3. The van der Waals surface area contributed by atoms with Gasteiger partial charge in [0.15, 0.2) is 0 Å². The molecule has 2 rings (SSSR count). The first-order chi connectivity index (χ1) is 9.24. The van der Waals surface area contributed by atoms with E-state index in [0.29, 0.717) is 12.5 Å². The summed E-state index contributed by atoms with van der Waals surface area (Å²) in [6, 6.07) is 7.19. The summed E-state index contributed by atoms with van der Waals surface area (Å²) in [5, 5.41) is 3.29. The minimum atomic E-state index is -0.411. The summed E-state index contributed by atoms with van der Waals surface area (Å²) in [7, 11) is 1.42. The van der Waals surface area contributed by atoms with Gasteiger partial charge in [-0.15, -0.1) is 0 Å². The van der Waals surface area contributed by atoms with Crippen molar-refractivity contribution in [1.82, 2.24) is 5.32 Å². The van der Waals surface area contributed by atoms with E-state index in [0.717, 1.165) is 17.9 Å². The van der Waals surface area contributed by atoms with Gasteiger partial charge in [-0.3, -0.25) is 0 Å². The largest absolute Gasteiger partial charge is 0.494 e. The van der Waals surface area contributed by atoms with Crippen LogP contribution >= 0.6 is 0 Å². The number of esters is 1. The van der Waals surface area contributed by atoms with Gasteiger partial charge in [-0.05, 0) is 49.9 Å². The van der Waals surface area contributed by atoms with Crippen LogP contribution in [0, 0.1) is 5.92 Å². The van der Waals surface area contributed by atoms with Crippen LogP contribution in [0.3, 0.4) is 0 Å². The van der Waals surface area contributed by atoms with E-state index in [-0.39, 0.29) is 5.97 Å². The molecule has 0 bridgehead atoms. The van der Waals surface area contributed by atoms with Gasteiger partial charge >= 0.3 is 5.97 Å². The Morgan fingerprint density at radius 1 is 1.47 bits per heavy atom. The van der Waals surface area contributed by atoms with Gasteiger partial charge in [0.1, 0.15) is 11.8 Å². The summed E-state index contributed by atoms with van der Waals surface area (Å²) in [4.78, 5) is 11.9. The first kappa shape index (κ1) is 13.9. The fourth-order valence-electron chi connectivity index (χ4n) is 2.01. The van der Waals surface area contributed by atoms with Crippen LogP contribution in [0.2, 0.25) is 0 Å². The van der Waals surface area contributed by atoms with Crippen molar-refractivity contribution in [2.24, 2.45) is 5.92 Å². The monoisotopic (exact) mass is 263 g/mol. The highest BCUT2D eigenvalue weighted by Gasteiger charge is 2.26. The third-order valence-corrected chi connectivity index (χ3v) is 3.25. The number of methoxy groups -OCH3 is 1. The van der Waals surface area contributed by atoms with Crippen molar-refractivity contribution in [3.63, 3.8) is 0 Å². The molecule has 0 aromatic heterocycles. The molecule has 0 radical (unpaired) electrons. The Morgan fingerprint density at radius 3 is 2.89 bits per heavy atom. The van der Waals surface area contributed by atoms with Gasteiger partial charge in [0.25, 0.3) is 0 Å². The number of ether oxygens (including phenoxy) is 2. The van der Waals surface area contributed by atoms with Crippen molar-refractivity contribution in [2.75, 3.05) is 20.3 Å². The molecular weight excluding hydrogens is 242 g/mol. The van der Waals surface area contributed by atoms with E-state index in [4.69, 9.17) is 9.47 Å². The zero-order valence-corrected chi connectivity index (χ0v) is 11.5. The highest BCUT2D eigenvalue weighted by Crippen LogP contribution is 2.29. The molecule has 1 unspecified atom stereocenters. The summed E-state index contributed by atoms with van der Waals surface area (Å²) in [5.41, 5.74) is 0.887. The Morgan fingerprint density at radius 2 is 2.26 bits per heavy atom. The number of hydrogen-bond donors (Lipinski definition) is 1. The van der Waals surface area contributed by atoms with Crippen molar-refractivity contribution in [1.29, 1.82) is 0 Å². The molecule has 104 valence electrons. The van der Waals surface area contributed by atoms with Gasteiger partial charge in [0, 0.05) is 0 Å². The van der Waals surface area contributed by atoms with E-state index in [1.54, 1.807) is 0 Å². The lowest BCUT2D eigenvalue weighted by atomic mass is 10.1. The lowest BCUT2D eigenvalue weighted by molar-refractivity contribution is -0.143. The molecule has 1 aromatic carbocycles. The minimum Gasteiger partial charge on any atom is -0.494 e. The molecule has 4 nitrogen and oxygen atoms in total. The van der Waals surface area contributed by atoms with Crippen molar-refractivity contribution in [3.05, 3.63) is 29.8 Å².